The van der Waals surface area contributed by atoms with Crippen LogP contribution >= 0.6 is 11.6 Å². The molecule has 2 fully saturated rings. The van der Waals surface area contributed by atoms with Gasteiger partial charge in [-0.1, -0.05) is 31.0 Å². The Balaban J connectivity index is 1.27. The molecule has 2 aliphatic carbocycles. The number of nitrogens with zero attached hydrogens (tertiary/aromatic N) is 1. The summed E-state index contributed by atoms with van der Waals surface area (Å²) in [7, 11) is -2.44. The number of carbonyl (C=O) groups excluding carboxylic acids is 1. The third-order valence-electron chi connectivity index (χ3n) is 11.5. The summed E-state index contributed by atoms with van der Waals surface area (Å²) < 4.78 is 42.2. The monoisotopic (exact) mass is 687 g/mol. The van der Waals surface area contributed by atoms with Gasteiger partial charge >= 0.3 is 0 Å². The number of fused-ring (bicyclic) bond motifs is 3. The Morgan fingerprint density at radius 3 is 2.60 bits per heavy atom. The standard InChI is InChI=1S/C36H50ClN3O6S/c1-22(23(2)47(42)43)5-3-7-30(35-44-18-28(38)19-45-35)29-11-8-26(29)17-40-20-36(14-4-6-24-15-27(37)10-12-31(24)36)21-46-33-13-9-25(34(39)41)16-32(33)40/h9-10,12-13,15-16,22-23,26,28-30,35,47H,3-8,11,14,17-21,38H2,1-2H3,(H2,39,41)/t22-,23+,26-,28-,29+,30+,35-,36-/m0/s1. The molecule has 6 atom stereocenters. The summed E-state index contributed by atoms with van der Waals surface area (Å²) in [5.41, 5.74) is 15.6. The lowest BCUT2D eigenvalue weighted by molar-refractivity contribution is -0.229. The van der Waals surface area contributed by atoms with Crippen molar-refractivity contribution in [2.45, 2.75) is 88.2 Å². The van der Waals surface area contributed by atoms with E-state index in [4.69, 9.17) is 37.3 Å². The van der Waals surface area contributed by atoms with Gasteiger partial charge in [-0.15, -0.1) is 0 Å². The van der Waals surface area contributed by atoms with Gasteiger partial charge in [0.15, 0.2) is 6.29 Å². The predicted molar refractivity (Wildman–Crippen MR) is 185 cm³/mol. The second-order valence-corrected chi connectivity index (χ2v) is 16.4. The Morgan fingerprint density at radius 1 is 1.11 bits per heavy atom. The van der Waals surface area contributed by atoms with E-state index in [0.717, 1.165) is 80.9 Å². The zero-order valence-electron chi connectivity index (χ0n) is 27.6. The minimum absolute atomic E-state index is 0.0908. The SMILES string of the molecule is C[C@H]([C@@H](C)CCC[C@@H]([C@H]1OC[C@H](N)CO1)[C@@H]1CC[C@H]1CN1C[C@@]2(CCCc3cc(Cl)ccc32)COc2ccc(C(N)=O)cc21)[SH](=O)=O. The van der Waals surface area contributed by atoms with Gasteiger partial charge in [-0.2, -0.15) is 0 Å². The fraction of sp³-hybridized carbons (Fsp3) is 0.639. The third-order valence-corrected chi connectivity index (χ3v) is 12.9. The maximum Gasteiger partial charge on any atom is 0.248 e. The van der Waals surface area contributed by atoms with Gasteiger partial charge in [0.1, 0.15) is 16.5 Å². The Bertz CT molecular complexity index is 1510. The number of rotatable bonds is 11. The van der Waals surface area contributed by atoms with Crippen molar-refractivity contribution in [2.75, 3.05) is 37.8 Å². The summed E-state index contributed by atoms with van der Waals surface area (Å²) in [5, 5.41) is 0.410. The van der Waals surface area contributed by atoms with Gasteiger partial charge in [0.2, 0.25) is 5.91 Å². The van der Waals surface area contributed by atoms with E-state index in [1.165, 1.54) is 11.1 Å². The maximum absolute atomic E-state index is 12.3. The molecule has 2 aromatic rings. The van der Waals surface area contributed by atoms with Crippen molar-refractivity contribution in [3.8, 4) is 5.75 Å². The normalized spacial score (nSPS) is 29.2. The number of carbonyl (C=O) groups is 1. The number of halogens is 1. The summed E-state index contributed by atoms with van der Waals surface area (Å²) in [6.45, 7) is 6.88. The largest absolute Gasteiger partial charge is 0.490 e. The quantitative estimate of drug-likeness (QED) is 0.279. The van der Waals surface area contributed by atoms with Crippen LogP contribution in [0.3, 0.4) is 0 Å². The van der Waals surface area contributed by atoms with Gasteiger partial charge in [-0.05, 0) is 111 Å². The summed E-state index contributed by atoms with van der Waals surface area (Å²) in [6, 6.07) is 11.7. The van der Waals surface area contributed by atoms with Crippen LogP contribution in [-0.4, -0.2) is 64.8 Å². The first kappa shape index (κ1) is 34.5. The van der Waals surface area contributed by atoms with Crippen molar-refractivity contribution < 1.29 is 27.4 Å². The molecule has 0 aromatic heterocycles. The summed E-state index contributed by atoms with van der Waals surface area (Å²) in [4.78, 5) is 14.8. The van der Waals surface area contributed by atoms with Gasteiger partial charge < -0.3 is 30.6 Å². The fourth-order valence-electron chi connectivity index (χ4n) is 8.39. The molecule has 9 nitrogen and oxygen atoms in total. The van der Waals surface area contributed by atoms with Crippen LogP contribution in [0.5, 0.6) is 5.75 Å². The number of hydrogen-bond acceptors (Lipinski definition) is 8. The van der Waals surface area contributed by atoms with Crippen LogP contribution in [0, 0.1) is 23.7 Å². The van der Waals surface area contributed by atoms with Crippen LogP contribution in [0.1, 0.15) is 80.3 Å². The molecule has 4 aliphatic rings. The first-order valence-corrected chi connectivity index (χ1v) is 18.9. The maximum atomic E-state index is 12.3. The van der Waals surface area contributed by atoms with Crippen LogP contribution in [0.4, 0.5) is 5.69 Å². The second kappa shape index (κ2) is 14.6. The molecule has 1 amide bonds. The smallest absolute Gasteiger partial charge is 0.248 e. The van der Waals surface area contributed by atoms with Crippen molar-refractivity contribution in [1.29, 1.82) is 0 Å². The molecule has 2 aliphatic heterocycles. The molecule has 1 spiro atoms. The van der Waals surface area contributed by atoms with Crippen molar-refractivity contribution in [3.63, 3.8) is 0 Å². The average Bonchev–Trinajstić information content (AvgIpc) is 3.19. The number of thiol groups is 1. The number of nitrogens with two attached hydrogens (primary N) is 2. The lowest BCUT2D eigenvalue weighted by Gasteiger charge is -2.48. The van der Waals surface area contributed by atoms with E-state index < -0.39 is 16.6 Å². The fourth-order valence-corrected chi connectivity index (χ4v) is 9.15. The topological polar surface area (TPSA) is 134 Å². The molecule has 258 valence electrons. The predicted octanol–water partition coefficient (Wildman–Crippen LogP) is 5.06. The molecule has 0 bridgehead atoms. The van der Waals surface area contributed by atoms with Gasteiger partial charge in [0, 0.05) is 35.0 Å². The van der Waals surface area contributed by atoms with Crippen molar-refractivity contribution in [3.05, 3.63) is 58.1 Å². The number of aryl methyl sites for hydroxylation is 1. The highest BCUT2D eigenvalue weighted by Gasteiger charge is 2.46. The molecule has 2 heterocycles. The lowest BCUT2D eigenvalue weighted by Crippen LogP contribution is -2.51. The summed E-state index contributed by atoms with van der Waals surface area (Å²) in [6.07, 6.45) is 7.53. The molecule has 11 heteroatoms. The lowest BCUT2D eigenvalue weighted by atomic mass is 9.64. The molecule has 47 heavy (non-hydrogen) atoms. The highest BCUT2D eigenvalue weighted by molar-refractivity contribution is 7.73. The van der Waals surface area contributed by atoms with Crippen molar-refractivity contribution >= 4 is 33.9 Å². The summed E-state index contributed by atoms with van der Waals surface area (Å²) in [5.74, 6) is 1.33. The molecule has 0 unspecified atom stereocenters. The first-order chi connectivity index (χ1) is 22.5. The molecule has 0 radical (unpaired) electrons. The van der Waals surface area contributed by atoms with Gasteiger partial charge in [0.05, 0.1) is 36.8 Å². The zero-order chi connectivity index (χ0) is 33.3. The Labute approximate surface area is 285 Å². The number of ether oxygens (including phenoxy) is 3. The number of amides is 1. The van der Waals surface area contributed by atoms with E-state index >= 15 is 0 Å². The van der Waals surface area contributed by atoms with E-state index in [1.54, 1.807) is 13.0 Å². The van der Waals surface area contributed by atoms with E-state index in [9.17, 15) is 13.2 Å². The number of benzene rings is 2. The number of hydrogen-bond donors (Lipinski definition) is 3. The number of primary amides is 1. The van der Waals surface area contributed by atoms with Crippen molar-refractivity contribution in [1.82, 2.24) is 0 Å². The van der Waals surface area contributed by atoms with Gasteiger partial charge in [0.25, 0.3) is 0 Å². The Morgan fingerprint density at radius 2 is 1.89 bits per heavy atom. The first-order valence-electron chi connectivity index (χ1n) is 17.3. The van der Waals surface area contributed by atoms with Crippen LogP contribution in [-0.2, 0) is 32.0 Å². The molecular formula is C36H50ClN3O6S. The third kappa shape index (κ3) is 7.47. The van der Waals surface area contributed by atoms with E-state index in [-0.39, 0.29) is 34.8 Å². The Kier molecular flexibility index (Phi) is 10.7. The molecule has 4 N–H and O–H groups in total. The minimum atomic E-state index is -2.44. The van der Waals surface area contributed by atoms with Crippen molar-refractivity contribution in [2.24, 2.45) is 35.1 Å². The molecule has 6 rings (SSSR count). The van der Waals surface area contributed by atoms with Gasteiger partial charge in [-0.25, -0.2) is 8.42 Å². The average molecular weight is 688 g/mol. The van der Waals surface area contributed by atoms with Crippen LogP contribution < -0.4 is 21.1 Å². The minimum Gasteiger partial charge on any atom is -0.490 e. The highest BCUT2D eigenvalue weighted by Crippen LogP contribution is 2.49. The zero-order valence-corrected chi connectivity index (χ0v) is 29.2. The van der Waals surface area contributed by atoms with Crippen LogP contribution in [0.25, 0.3) is 0 Å². The van der Waals surface area contributed by atoms with Gasteiger partial charge in [-0.3, -0.25) is 4.79 Å². The van der Waals surface area contributed by atoms with E-state index in [1.807, 2.05) is 25.1 Å². The number of anilines is 1. The Hall–Kier alpha value is -2.37. The van der Waals surface area contributed by atoms with E-state index in [2.05, 4.69) is 17.0 Å². The van der Waals surface area contributed by atoms with Crippen LogP contribution in [0.15, 0.2) is 36.4 Å². The second-order valence-electron chi connectivity index (χ2n) is 14.5. The van der Waals surface area contributed by atoms with E-state index in [0.29, 0.717) is 37.2 Å². The molecular weight excluding hydrogens is 638 g/mol. The van der Waals surface area contributed by atoms with Crippen LogP contribution in [0.2, 0.25) is 5.02 Å². The molecule has 2 aromatic carbocycles. The summed E-state index contributed by atoms with van der Waals surface area (Å²) >= 11 is 6.44. The molecule has 1 saturated heterocycles. The molecule has 1 saturated carbocycles. The highest BCUT2D eigenvalue weighted by atomic mass is 35.5.